The Balaban J connectivity index is 2.30. The van der Waals surface area contributed by atoms with Crippen molar-refractivity contribution in [1.29, 1.82) is 0 Å². The molecule has 0 saturated carbocycles. The van der Waals surface area contributed by atoms with Crippen molar-refractivity contribution < 1.29 is 0 Å². The van der Waals surface area contributed by atoms with Gasteiger partial charge in [-0.3, -0.25) is 0 Å². The van der Waals surface area contributed by atoms with Gasteiger partial charge in [-0.05, 0) is 18.2 Å². The van der Waals surface area contributed by atoms with Crippen molar-refractivity contribution in [3.63, 3.8) is 0 Å². The van der Waals surface area contributed by atoms with Crippen LogP contribution in [0.15, 0.2) is 29.2 Å². The van der Waals surface area contributed by atoms with E-state index in [-0.39, 0.29) is 0 Å². The van der Waals surface area contributed by atoms with Crippen LogP contribution in [0.1, 0.15) is 0 Å². The summed E-state index contributed by atoms with van der Waals surface area (Å²) in [5, 5.41) is 9.62. The fraction of sp³-hybridized carbons (Fsp3) is 0. The van der Waals surface area contributed by atoms with Gasteiger partial charge in [0.05, 0.1) is 6.20 Å². The average Bonchev–Trinajstić information content (AvgIpc) is 2.15. The molecule has 0 saturated heterocycles. The quantitative estimate of drug-likeness (QED) is 0.865. The van der Waals surface area contributed by atoms with Gasteiger partial charge >= 0.3 is 5.69 Å². The summed E-state index contributed by atoms with van der Waals surface area (Å²) < 4.78 is 0. The molecule has 0 aliphatic carbocycles. The lowest BCUT2D eigenvalue weighted by Gasteiger charge is -2.05. The van der Waals surface area contributed by atoms with E-state index in [2.05, 4.69) is 20.5 Å². The summed E-state index contributed by atoms with van der Waals surface area (Å²) in [6.07, 6.45) is 1.39. The van der Waals surface area contributed by atoms with E-state index in [0.717, 1.165) is 0 Å². The highest BCUT2D eigenvalue weighted by Gasteiger charge is 2.00. The standard InChI is InChI=1S/C9H6Cl2N4O/c10-5-1-6(11)3-7(2-5)13-8-4-12-15-9(16)14-8/h1-4H,(H2,13,14,15,16). The number of hydrogen-bond acceptors (Lipinski definition) is 4. The molecule has 0 radical (unpaired) electrons. The van der Waals surface area contributed by atoms with E-state index < -0.39 is 5.69 Å². The van der Waals surface area contributed by atoms with Crippen molar-refractivity contribution in [3.8, 4) is 0 Å². The smallest absolute Gasteiger partial charge is 0.339 e. The van der Waals surface area contributed by atoms with Crippen molar-refractivity contribution in [2.45, 2.75) is 0 Å². The van der Waals surface area contributed by atoms with E-state index in [9.17, 15) is 4.79 Å². The van der Waals surface area contributed by atoms with E-state index in [0.29, 0.717) is 21.6 Å². The third kappa shape index (κ3) is 2.71. The number of halogens is 2. The van der Waals surface area contributed by atoms with Crippen molar-refractivity contribution in [2.75, 3.05) is 5.32 Å². The summed E-state index contributed by atoms with van der Waals surface area (Å²) in [6.45, 7) is 0. The highest BCUT2D eigenvalue weighted by Crippen LogP contribution is 2.23. The summed E-state index contributed by atoms with van der Waals surface area (Å²) >= 11 is 11.6. The lowest BCUT2D eigenvalue weighted by molar-refractivity contribution is 0.919. The first-order chi connectivity index (χ1) is 7.63. The van der Waals surface area contributed by atoms with Gasteiger partial charge in [-0.2, -0.15) is 10.1 Å². The van der Waals surface area contributed by atoms with E-state index >= 15 is 0 Å². The third-order valence-electron chi connectivity index (χ3n) is 1.70. The summed E-state index contributed by atoms with van der Waals surface area (Å²) in [5.41, 5.74) is 0.107. The zero-order valence-electron chi connectivity index (χ0n) is 7.87. The van der Waals surface area contributed by atoms with Crippen LogP contribution in [0.5, 0.6) is 0 Å². The van der Waals surface area contributed by atoms with Crippen LogP contribution in [-0.2, 0) is 0 Å². The maximum absolute atomic E-state index is 10.9. The molecule has 1 heterocycles. The van der Waals surface area contributed by atoms with Gasteiger partial charge in [0.15, 0.2) is 5.82 Å². The van der Waals surface area contributed by atoms with Gasteiger partial charge < -0.3 is 5.32 Å². The summed E-state index contributed by atoms with van der Waals surface area (Å²) in [5.74, 6) is 0.321. The van der Waals surface area contributed by atoms with Crippen LogP contribution >= 0.6 is 23.2 Å². The molecule has 0 aliphatic heterocycles. The Hall–Kier alpha value is -1.59. The Labute approximate surface area is 100 Å². The molecular weight excluding hydrogens is 251 g/mol. The lowest BCUT2D eigenvalue weighted by Crippen LogP contribution is -2.13. The minimum absolute atomic E-state index is 0.321. The summed E-state index contributed by atoms with van der Waals surface area (Å²) in [4.78, 5) is 14.5. The van der Waals surface area contributed by atoms with Crippen LogP contribution in [0.3, 0.4) is 0 Å². The first kappa shape index (κ1) is 10.9. The molecule has 0 aliphatic rings. The van der Waals surface area contributed by atoms with Gasteiger partial charge in [0.1, 0.15) is 0 Å². The maximum Gasteiger partial charge on any atom is 0.363 e. The third-order valence-corrected chi connectivity index (χ3v) is 2.14. The normalized spacial score (nSPS) is 10.1. The molecule has 0 bridgehead atoms. The Morgan fingerprint density at radius 1 is 1.19 bits per heavy atom. The number of aromatic amines is 1. The Morgan fingerprint density at radius 2 is 1.88 bits per heavy atom. The molecule has 2 aromatic rings. The minimum Gasteiger partial charge on any atom is -0.339 e. The monoisotopic (exact) mass is 256 g/mol. The predicted molar refractivity (Wildman–Crippen MR) is 62.4 cm³/mol. The zero-order chi connectivity index (χ0) is 11.5. The number of H-pyrrole nitrogens is 1. The number of hydrogen-bond donors (Lipinski definition) is 2. The Morgan fingerprint density at radius 3 is 2.50 bits per heavy atom. The van der Waals surface area contributed by atoms with Crippen LogP contribution < -0.4 is 11.0 Å². The number of aromatic nitrogens is 3. The number of nitrogens with one attached hydrogen (secondary N) is 2. The van der Waals surface area contributed by atoms with Gasteiger partial charge in [-0.1, -0.05) is 23.2 Å². The van der Waals surface area contributed by atoms with Crippen molar-refractivity contribution in [3.05, 3.63) is 44.9 Å². The first-order valence-electron chi connectivity index (χ1n) is 4.28. The molecule has 0 atom stereocenters. The molecule has 2 rings (SSSR count). The van der Waals surface area contributed by atoms with Crippen LogP contribution in [-0.4, -0.2) is 15.2 Å². The molecule has 2 N–H and O–H groups in total. The molecule has 0 unspecified atom stereocenters. The minimum atomic E-state index is -0.530. The molecule has 82 valence electrons. The van der Waals surface area contributed by atoms with Crippen LogP contribution in [0.2, 0.25) is 10.0 Å². The first-order valence-corrected chi connectivity index (χ1v) is 5.04. The molecular formula is C9H6Cl2N4O. The number of rotatable bonds is 2. The fourth-order valence-corrected chi connectivity index (χ4v) is 1.67. The van der Waals surface area contributed by atoms with Gasteiger partial charge in [0.25, 0.3) is 0 Å². The van der Waals surface area contributed by atoms with Gasteiger partial charge in [0.2, 0.25) is 0 Å². The van der Waals surface area contributed by atoms with Crippen LogP contribution in [0.25, 0.3) is 0 Å². The number of anilines is 2. The molecule has 0 amide bonds. The molecule has 1 aromatic carbocycles. The fourth-order valence-electron chi connectivity index (χ4n) is 1.15. The highest BCUT2D eigenvalue weighted by atomic mass is 35.5. The maximum atomic E-state index is 10.9. The average molecular weight is 257 g/mol. The number of benzene rings is 1. The topological polar surface area (TPSA) is 70.7 Å². The second-order valence-corrected chi connectivity index (χ2v) is 3.83. The zero-order valence-corrected chi connectivity index (χ0v) is 9.38. The van der Waals surface area contributed by atoms with Gasteiger partial charge in [-0.15, -0.1) is 0 Å². The largest absolute Gasteiger partial charge is 0.363 e. The van der Waals surface area contributed by atoms with E-state index in [1.54, 1.807) is 18.2 Å². The summed E-state index contributed by atoms with van der Waals surface area (Å²) in [6, 6.07) is 4.93. The molecule has 0 fully saturated rings. The molecule has 1 aromatic heterocycles. The van der Waals surface area contributed by atoms with Crippen molar-refractivity contribution >= 4 is 34.7 Å². The second-order valence-electron chi connectivity index (χ2n) is 2.96. The predicted octanol–water partition coefficient (Wildman–Crippen LogP) is 2.22. The lowest BCUT2D eigenvalue weighted by atomic mass is 10.3. The SMILES string of the molecule is O=c1nc(Nc2cc(Cl)cc(Cl)c2)cn[nH]1. The molecule has 0 spiro atoms. The van der Waals surface area contributed by atoms with Gasteiger partial charge in [0, 0.05) is 15.7 Å². The Bertz CT molecular complexity index is 549. The molecule has 5 nitrogen and oxygen atoms in total. The molecule has 7 heteroatoms. The van der Waals surface area contributed by atoms with E-state index in [4.69, 9.17) is 23.2 Å². The van der Waals surface area contributed by atoms with Crippen molar-refractivity contribution in [2.24, 2.45) is 0 Å². The number of nitrogens with zero attached hydrogens (tertiary/aromatic N) is 2. The summed E-state index contributed by atoms with van der Waals surface area (Å²) in [7, 11) is 0. The van der Waals surface area contributed by atoms with E-state index in [1.807, 2.05) is 0 Å². The Kier molecular flexibility index (Phi) is 3.07. The highest BCUT2D eigenvalue weighted by molar-refractivity contribution is 6.35. The van der Waals surface area contributed by atoms with Gasteiger partial charge in [-0.25, -0.2) is 9.89 Å². The van der Waals surface area contributed by atoms with E-state index in [1.165, 1.54) is 6.20 Å². The van der Waals surface area contributed by atoms with Crippen molar-refractivity contribution in [1.82, 2.24) is 15.2 Å². The second kappa shape index (κ2) is 4.51. The van der Waals surface area contributed by atoms with Crippen LogP contribution in [0.4, 0.5) is 11.5 Å². The van der Waals surface area contributed by atoms with Crippen LogP contribution in [0, 0.1) is 0 Å². The molecule has 16 heavy (non-hydrogen) atoms.